The van der Waals surface area contributed by atoms with Crippen molar-refractivity contribution in [3.63, 3.8) is 0 Å². The highest BCUT2D eigenvalue weighted by Gasteiger charge is 2.17. The lowest BCUT2D eigenvalue weighted by Gasteiger charge is -2.05. The molecular weight excluding hydrogens is 524 g/mol. The maximum Gasteiger partial charge on any atom is 0.220 e. The van der Waals surface area contributed by atoms with Gasteiger partial charge >= 0.3 is 0 Å². The van der Waals surface area contributed by atoms with Crippen LogP contribution in [0.4, 0.5) is 0 Å². The van der Waals surface area contributed by atoms with E-state index in [0.717, 1.165) is 22.5 Å². The highest BCUT2D eigenvalue weighted by molar-refractivity contribution is 14.1. The van der Waals surface area contributed by atoms with E-state index >= 15 is 0 Å². The summed E-state index contributed by atoms with van der Waals surface area (Å²) in [5.41, 5.74) is 5.69. The Hall–Kier alpha value is -1.61. The van der Waals surface area contributed by atoms with Crippen LogP contribution in [0.2, 0.25) is 0 Å². The van der Waals surface area contributed by atoms with Gasteiger partial charge in [0.25, 0.3) is 0 Å². The number of para-hydroxylation sites is 3. The number of imidazole rings is 2. The second-order valence-corrected chi connectivity index (χ2v) is 8.07. The lowest BCUT2D eigenvalue weighted by molar-refractivity contribution is 1.11. The van der Waals surface area contributed by atoms with Crippen molar-refractivity contribution in [1.82, 2.24) is 14.0 Å². The SMILES string of the molecule is Ic1cccc(-n2c3ccccc3n3c4cccc(I)c4nc23)c1. The van der Waals surface area contributed by atoms with E-state index in [1.807, 2.05) is 0 Å². The molecule has 0 amide bonds. The van der Waals surface area contributed by atoms with E-state index in [9.17, 15) is 0 Å². The van der Waals surface area contributed by atoms with E-state index in [1.54, 1.807) is 0 Å². The summed E-state index contributed by atoms with van der Waals surface area (Å²) in [5.74, 6) is 0.956. The smallest absolute Gasteiger partial charge is 0.220 e. The van der Waals surface area contributed by atoms with Crippen molar-refractivity contribution >= 4 is 73.0 Å². The van der Waals surface area contributed by atoms with Gasteiger partial charge in [0.15, 0.2) is 0 Å². The zero-order chi connectivity index (χ0) is 16.3. The molecule has 0 unspecified atom stereocenters. The predicted octanol–water partition coefficient (Wildman–Crippen LogP) is 5.64. The van der Waals surface area contributed by atoms with Crippen molar-refractivity contribution in [3.8, 4) is 5.69 Å². The molecule has 5 aromatic rings. The van der Waals surface area contributed by atoms with Gasteiger partial charge < -0.3 is 0 Å². The average Bonchev–Trinajstić information content (AvgIpc) is 3.10. The van der Waals surface area contributed by atoms with Gasteiger partial charge in [-0.25, -0.2) is 4.98 Å². The Kier molecular flexibility index (Phi) is 3.34. The number of hydrogen-bond acceptors (Lipinski definition) is 1. The number of benzene rings is 3. The zero-order valence-electron chi connectivity index (χ0n) is 12.4. The third-order valence-corrected chi connectivity index (χ3v) is 5.79. The molecule has 3 aromatic carbocycles. The van der Waals surface area contributed by atoms with E-state index < -0.39 is 0 Å². The molecule has 0 aliphatic rings. The van der Waals surface area contributed by atoms with Crippen LogP contribution in [0.5, 0.6) is 0 Å². The summed E-state index contributed by atoms with van der Waals surface area (Å²) in [6.45, 7) is 0. The van der Waals surface area contributed by atoms with Crippen LogP contribution in [0.3, 0.4) is 0 Å². The molecule has 0 saturated heterocycles. The Morgan fingerprint density at radius 1 is 0.750 bits per heavy atom. The lowest BCUT2D eigenvalue weighted by atomic mass is 10.2. The Balaban J connectivity index is 2.04. The predicted molar refractivity (Wildman–Crippen MR) is 115 cm³/mol. The van der Waals surface area contributed by atoms with Crippen LogP contribution in [0, 0.1) is 7.14 Å². The molecule has 0 N–H and O–H groups in total. The third kappa shape index (κ3) is 2.03. The molecule has 116 valence electrons. The Bertz CT molecular complexity index is 1230. The summed E-state index contributed by atoms with van der Waals surface area (Å²) in [5, 5.41) is 0. The number of halogens is 2. The molecule has 0 aliphatic carbocycles. The highest BCUT2D eigenvalue weighted by atomic mass is 127. The fourth-order valence-electron chi connectivity index (χ4n) is 3.26. The van der Waals surface area contributed by atoms with Crippen molar-refractivity contribution < 1.29 is 0 Å². The summed E-state index contributed by atoms with van der Waals surface area (Å²) in [6.07, 6.45) is 0. The van der Waals surface area contributed by atoms with Gasteiger partial charge in [0.05, 0.1) is 22.2 Å². The Morgan fingerprint density at radius 2 is 1.50 bits per heavy atom. The minimum Gasteiger partial charge on any atom is -0.278 e. The summed E-state index contributed by atoms with van der Waals surface area (Å²) >= 11 is 4.72. The van der Waals surface area contributed by atoms with E-state index in [0.29, 0.717) is 0 Å². The largest absolute Gasteiger partial charge is 0.278 e. The van der Waals surface area contributed by atoms with Crippen molar-refractivity contribution in [1.29, 1.82) is 0 Å². The Morgan fingerprint density at radius 3 is 2.33 bits per heavy atom. The van der Waals surface area contributed by atoms with Gasteiger partial charge in [0.1, 0.15) is 5.52 Å². The van der Waals surface area contributed by atoms with Crippen LogP contribution in [-0.2, 0) is 0 Å². The van der Waals surface area contributed by atoms with E-state index in [4.69, 9.17) is 4.98 Å². The second kappa shape index (κ2) is 5.45. The minimum absolute atomic E-state index is 0.956. The first-order chi connectivity index (χ1) is 11.7. The zero-order valence-corrected chi connectivity index (χ0v) is 16.8. The monoisotopic (exact) mass is 535 g/mol. The molecule has 0 spiro atoms. The maximum atomic E-state index is 4.97. The number of rotatable bonds is 1. The van der Waals surface area contributed by atoms with Crippen LogP contribution in [-0.4, -0.2) is 14.0 Å². The molecule has 5 rings (SSSR count). The molecule has 24 heavy (non-hydrogen) atoms. The molecule has 5 heteroatoms. The highest BCUT2D eigenvalue weighted by Crippen LogP contribution is 2.30. The third-order valence-electron chi connectivity index (χ3n) is 4.25. The molecule has 0 fully saturated rings. The summed E-state index contributed by atoms with van der Waals surface area (Å²) in [7, 11) is 0. The van der Waals surface area contributed by atoms with Crippen molar-refractivity contribution in [2.75, 3.05) is 0 Å². The fraction of sp³-hybridized carbons (Fsp3) is 0. The molecular formula is C19H11I2N3. The normalized spacial score (nSPS) is 11.8. The summed E-state index contributed by atoms with van der Waals surface area (Å²) in [4.78, 5) is 4.97. The summed E-state index contributed by atoms with van der Waals surface area (Å²) in [6, 6.07) is 23.4. The van der Waals surface area contributed by atoms with E-state index in [2.05, 4.69) is 121 Å². The molecule has 0 aliphatic heterocycles. The van der Waals surface area contributed by atoms with Gasteiger partial charge in [-0.1, -0.05) is 24.3 Å². The van der Waals surface area contributed by atoms with Gasteiger partial charge in [-0.05, 0) is 87.6 Å². The van der Waals surface area contributed by atoms with Crippen molar-refractivity contribution in [2.24, 2.45) is 0 Å². The van der Waals surface area contributed by atoms with Crippen LogP contribution in [0.1, 0.15) is 0 Å². The minimum atomic E-state index is 0.956. The molecule has 0 bridgehead atoms. The Labute approximate surface area is 165 Å². The first-order valence-corrected chi connectivity index (χ1v) is 9.72. The van der Waals surface area contributed by atoms with Gasteiger partial charge in [-0.3, -0.25) is 8.97 Å². The number of fused-ring (bicyclic) bond motifs is 5. The number of aromatic nitrogens is 3. The molecule has 3 nitrogen and oxygen atoms in total. The average molecular weight is 535 g/mol. The van der Waals surface area contributed by atoms with Crippen LogP contribution >= 0.6 is 45.2 Å². The van der Waals surface area contributed by atoms with Crippen molar-refractivity contribution in [3.05, 3.63) is 73.9 Å². The van der Waals surface area contributed by atoms with Crippen LogP contribution < -0.4 is 0 Å². The molecule has 2 heterocycles. The first kappa shape index (κ1) is 14.7. The molecule has 0 saturated carbocycles. The lowest BCUT2D eigenvalue weighted by Crippen LogP contribution is -1.95. The van der Waals surface area contributed by atoms with Gasteiger partial charge in [0.2, 0.25) is 5.78 Å². The van der Waals surface area contributed by atoms with Crippen LogP contribution in [0.15, 0.2) is 66.7 Å². The summed E-state index contributed by atoms with van der Waals surface area (Å²) < 4.78 is 6.89. The van der Waals surface area contributed by atoms with Gasteiger partial charge in [0, 0.05) is 7.14 Å². The van der Waals surface area contributed by atoms with E-state index in [-0.39, 0.29) is 0 Å². The maximum absolute atomic E-state index is 4.97. The number of hydrogen-bond donors (Lipinski definition) is 0. The fourth-order valence-corrected chi connectivity index (χ4v) is 4.39. The standard InChI is InChI=1S/C19H11I2N3/c20-12-5-3-6-13(11-12)23-15-8-1-2-9-16(15)24-17-10-4-7-14(21)18(17)22-19(23)24/h1-11H. The topological polar surface area (TPSA) is 22.2 Å². The first-order valence-electron chi connectivity index (χ1n) is 7.56. The van der Waals surface area contributed by atoms with Gasteiger partial charge in [-0.2, -0.15) is 0 Å². The van der Waals surface area contributed by atoms with Crippen molar-refractivity contribution in [2.45, 2.75) is 0 Å². The number of nitrogens with zero attached hydrogens (tertiary/aromatic N) is 3. The molecule has 2 aromatic heterocycles. The second-order valence-electron chi connectivity index (χ2n) is 5.66. The quantitative estimate of drug-likeness (QED) is 0.255. The van der Waals surface area contributed by atoms with Crippen LogP contribution in [0.25, 0.3) is 33.5 Å². The van der Waals surface area contributed by atoms with Gasteiger partial charge in [-0.15, -0.1) is 0 Å². The molecule has 0 radical (unpaired) electrons. The molecule has 0 atom stereocenters. The van der Waals surface area contributed by atoms with E-state index in [1.165, 1.54) is 18.2 Å².